The van der Waals surface area contributed by atoms with Crippen molar-refractivity contribution >= 4 is 49.0 Å². The Hall–Kier alpha value is -0.490. The predicted molar refractivity (Wildman–Crippen MR) is 91.4 cm³/mol. The van der Waals surface area contributed by atoms with Gasteiger partial charge in [-0.1, -0.05) is 28.1 Å². The third-order valence-corrected chi connectivity index (χ3v) is 5.09. The van der Waals surface area contributed by atoms with Crippen LogP contribution in [0.15, 0.2) is 44.7 Å². The molecule has 1 aromatic heterocycles. The summed E-state index contributed by atoms with van der Waals surface area (Å²) in [5.41, 5.74) is 0.770. The summed E-state index contributed by atoms with van der Waals surface area (Å²) in [7, 11) is 2.04. The molecule has 0 aliphatic carbocycles. The first-order chi connectivity index (χ1) is 9.54. The topological polar surface area (TPSA) is 20.3 Å². The van der Waals surface area contributed by atoms with Crippen LogP contribution in [-0.2, 0) is 6.54 Å². The molecule has 1 heterocycles. The lowest BCUT2D eigenvalue weighted by Crippen LogP contribution is -2.21. The molecule has 0 aliphatic rings. The molecule has 0 aliphatic heterocycles. The summed E-state index contributed by atoms with van der Waals surface area (Å²) in [5, 5.41) is 2.08. The van der Waals surface area contributed by atoms with E-state index in [1.54, 1.807) is 11.3 Å². The molecule has 0 amide bonds. The third-order valence-electron chi connectivity index (χ3n) is 2.91. The monoisotopic (exact) mass is 415 g/mol. The lowest BCUT2D eigenvalue weighted by atomic mass is 10.1. The summed E-state index contributed by atoms with van der Waals surface area (Å²) < 4.78 is 2.07. The molecule has 1 aromatic carbocycles. The Kier molecular flexibility index (Phi) is 5.96. The highest BCUT2D eigenvalue weighted by Crippen LogP contribution is 2.21. The second-order valence-electron chi connectivity index (χ2n) is 4.65. The summed E-state index contributed by atoms with van der Waals surface area (Å²) in [6, 6.07) is 9.68. The molecule has 0 unspecified atom stereocenters. The molecule has 0 spiro atoms. The summed E-state index contributed by atoms with van der Waals surface area (Å²) in [6.45, 7) is 1.64. The first kappa shape index (κ1) is 15.9. The maximum atomic E-state index is 12.1. The van der Waals surface area contributed by atoms with Crippen LogP contribution in [0.4, 0.5) is 0 Å². The molecule has 0 saturated carbocycles. The summed E-state index contributed by atoms with van der Waals surface area (Å²) in [6.07, 6.45) is 0.541. The van der Waals surface area contributed by atoms with Gasteiger partial charge in [-0.05, 0) is 41.2 Å². The minimum Gasteiger partial charge on any atom is -0.301 e. The van der Waals surface area contributed by atoms with Gasteiger partial charge in [0.15, 0.2) is 5.78 Å². The zero-order chi connectivity index (χ0) is 14.5. The zero-order valence-corrected chi connectivity index (χ0v) is 15.1. The lowest BCUT2D eigenvalue weighted by molar-refractivity contribution is 0.0968. The van der Waals surface area contributed by atoms with Crippen LogP contribution in [0.25, 0.3) is 0 Å². The quantitative estimate of drug-likeness (QED) is 0.619. The molecule has 5 heteroatoms. The van der Waals surface area contributed by atoms with Gasteiger partial charge in [0.05, 0.1) is 0 Å². The second-order valence-corrected chi connectivity index (χ2v) is 7.48. The van der Waals surface area contributed by atoms with Crippen molar-refractivity contribution in [3.8, 4) is 0 Å². The van der Waals surface area contributed by atoms with E-state index in [1.807, 2.05) is 31.3 Å². The van der Waals surface area contributed by atoms with E-state index >= 15 is 0 Å². The van der Waals surface area contributed by atoms with Gasteiger partial charge in [0.25, 0.3) is 0 Å². The lowest BCUT2D eigenvalue weighted by Gasteiger charge is -2.14. The fourth-order valence-electron chi connectivity index (χ4n) is 1.88. The first-order valence-electron chi connectivity index (χ1n) is 6.25. The Bertz CT molecular complexity index is 597. The molecule has 2 nitrogen and oxygen atoms in total. The van der Waals surface area contributed by atoms with Crippen LogP contribution in [0.1, 0.15) is 21.7 Å². The number of carbonyl (C=O) groups is 1. The van der Waals surface area contributed by atoms with Gasteiger partial charge in [0, 0.05) is 44.3 Å². The van der Waals surface area contributed by atoms with Crippen LogP contribution in [-0.4, -0.2) is 24.3 Å². The van der Waals surface area contributed by atoms with Crippen LogP contribution in [0, 0.1) is 0 Å². The van der Waals surface area contributed by atoms with Gasteiger partial charge >= 0.3 is 0 Å². The van der Waals surface area contributed by atoms with E-state index in [2.05, 4.69) is 48.2 Å². The highest BCUT2D eigenvalue weighted by Gasteiger charge is 2.09. The Balaban J connectivity index is 1.84. The Morgan fingerprint density at radius 1 is 1.25 bits per heavy atom. The molecule has 0 atom stereocenters. The molecule has 106 valence electrons. The van der Waals surface area contributed by atoms with Crippen molar-refractivity contribution in [2.45, 2.75) is 13.0 Å². The van der Waals surface area contributed by atoms with Gasteiger partial charge in [0.2, 0.25) is 0 Å². The van der Waals surface area contributed by atoms with Crippen LogP contribution < -0.4 is 0 Å². The Morgan fingerprint density at radius 3 is 2.70 bits per heavy atom. The summed E-state index contributed by atoms with van der Waals surface area (Å²) >= 11 is 8.58. The minimum atomic E-state index is 0.186. The van der Waals surface area contributed by atoms with E-state index < -0.39 is 0 Å². The number of hydrogen-bond acceptors (Lipinski definition) is 3. The van der Waals surface area contributed by atoms with Crippen molar-refractivity contribution in [2.24, 2.45) is 0 Å². The summed E-state index contributed by atoms with van der Waals surface area (Å²) in [4.78, 5) is 15.6. The average molecular weight is 417 g/mol. The molecular weight excluding hydrogens is 402 g/mol. The van der Waals surface area contributed by atoms with Gasteiger partial charge in [-0.15, -0.1) is 11.3 Å². The predicted octanol–water partition coefficient (Wildman–Crippen LogP) is 4.98. The van der Waals surface area contributed by atoms with Crippen LogP contribution in [0.2, 0.25) is 0 Å². The number of ketones is 1. The molecule has 0 fully saturated rings. The van der Waals surface area contributed by atoms with Crippen molar-refractivity contribution in [1.82, 2.24) is 4.90 Å². The number of nitrogens with zero attached hydrogens (tertiary/aromatic N) is 1. The van der Waals surface area contributed by atoms with Gasteiger partial charge in [0.1, 0.15) is 0 Å². The SMILES string of the molecule is CN(CCC(=O)c1cccc(Br)c1)Cc1cc(Br)cs1. The van der Waals surface area contributed by atoms with E-state index in [1.165, 1.54) is 4.88 Å². The molecule has 0 N–H and O–H groups in total. The van der Waals surface area contributed by atoms with Crippen molar-refractivity contribution in [2.75, 3.05) is 13.6 Å². The molecule has 0 bridgehead atoms. The minimum absolute atomic E-state index is 0.186. The average Bonchev–Trinajstić information content (AvgIpc) is 2.81. The van der Waals surface area contributed by atoms with Crippen LogP contribution >= 0.6 is 43.2 Å². The van der Waals surface area contributed by atoms with E-state index in [0.29, 0.717) is 6.42 Å². The van der Waals surface area contributed by atoms with Crippen molar-refractivity contribution < 1.29 is 4.79 Å². The van der Waals surface area contributed by atoms with Gasteiger partial charge in [-0.25, -0.2) is 0 Å². The highest BCUT2D eigenvalue weighted by molar-refractivity contribution is 9.10. The molecule has 2 rings (SSSR count). The van der Waals surface area contributed by atoms with Gasteiger partial charge in [-0.2, -0.15) is 0 Å². The fraction of sp³-hybridized carbons (Fsp3) is 0.267. The number of halogens is 2. The molecule has 0 saturated heterocycles. The maximum absolute atomic E-state index is 12.1. The van der Waals surface area contributed by atoms with Crippen LogP contribution in [0.5, 0.6) is 0 Å². The van der Waals surface area contributed by atoms with E-state index in [9.17, 15) is 4.79 Å². The number of thiophene rings is 1. The highest BCUT2D eigenvalue weighted by atomic mass is 79.9. The molecule has 20 heavy (non-hydrogen) atoms. The van der Waals surface area contributed by atoms with E-state index in [-0.39, 0.29) is 5.78 Å². The number of Topliss-reactive ketones (excluding diaryl/α,β-unsaturated/α-hetero) is 1. The standard InChI is InChI=1S/C15H15Br2NOS/c1-18(9-14-8-13(17)10-20-14)6-5-15(19)11-3-2-4-12(16)7-11/h2-4,7-8,10H,5-6,9H2,1H3. The molecule has 2 aromatic rings. The van der Waals surface area contributed by atoms with Gasteiger partial charge < -0.3 is 4.90 Å². The summed E-state index contributed by atoms with van der Waals surface area (Å²) in [5.74, 6) is 0.186. The number of carbonyl (C=O) groups excluding carboxylic acids is 1. The normalized spacial score (nSPS) is 11.0. The number of benzene rings is 1. The fourth-order valence-corrected chi connectivity index (χ4v) is 3.81. The number of hydrogen-bond donors (Lipinski definition) is 0. The third kappa shape index (κ3) is 4.81. The first-order valence-corrected chi connectivity index (χ1v) is 8.71. The maximum Gasteiger partial charge on any atom is 0.164 e. The van der Waals surface area contributed by atoms with Crippen molar-refractivity contribution in [1.29, 1.82) is 0 Å². The Morgan fingerprint density at radius 2 is 2.05 bits per heavy atom. The molecular formula is C15H15Br2NOS. The van der Waals surface area contributed by atoms with E-state index in [0.717, 1.165) is 27.6 Å². The molecule has 0 radical (unpaired) electrons. The second kappa shape index (κ2) is 7.50. The van der Waals surface area contributed by atoms with Crippen LogP contribution in [0.3, 0.4) is 0 Å². The largest absolute Gasteiger partial charge is 0.301 e. The van der Waals surface area contributed by atoms with Crippen molar-refractivity contribution in [3.63, 3.8) is 0 Å². The number of rotatable bonds is 6. The zero-order valence-electron chi connectivity index (χ0n) is 11.1. The van der Waals surface area contributed by atoms with Crippen molar-refractivity contribution in [3.05, 3.63) is 55.1 Å². The smallest absolute Gasteiger partial charge is 0.164 e. The van der Waals surface area contributed by atoms with E-state index in [4.69, 9.17) is 0 Å². The van der Waals surface area contributed by atoms with Gasteiger partial charge in [-0.3, -0.25) is 4.79 Å². The Labute approximate surface area is 140 Å².